The fourth-order valence-electron chi connectivity index (χ4n) is 3.29. The molecule has 0 unspecified atom stereocenters. The predicted molar refractivity (Wildman–Crippen MR) is 104 cm³/mol. The smallest absolute Gasteiger partial charge is 0.251 e. The molecule has 1 saturated heterocycles. The van der Waals surface area contributed by atoms with Crippen molar-refractivity contribution in [3.8, 4) is 17.2 Å². The summed E-state index contributed by atoms with van der Waals surface area (Å²) in [6, 6.07) is 12.6. The lowest BCUT2D eigenvalue weighted by atomic mass is 10.2. The number of likely N-dealkylation sites (tertiary alicyclic amines) is 1. The number of benzene rings is 2. The van der Waals surface area contributed by atoms with Gasteiger partial charge in [-0.2, -0.15) is 0 Å². The van der Waals surface area contributed by atoms with Crippen LogP contribution in [-0.4, -0.2) is 48.4 Å². The number of carbonyl (C=O) groups is 2. The number of hydrogen-bond acceptors (Lipinski definition) is 5. The predicted octanol–water partition coefficient (Wildman–Crippen LogP) is 2.86. The number of amides is 2. The first-order valence-corrected chi connectivity index (χ1v) is 9.25. The lowest BCUT2D eigenvalue weighted by Crippen LogP contribution is -2.35. The van der Waals surface area contributed by atoms with Gasteiger partial charge in [0.05, 0.1) is 7.11 Å². The van der Waals surface area contributed by atoms with E-state index in [0.717, 1.165) is 24.3 Å². The lowest BCUT2D eigenvalue weighted by molar-refractivity contribution is -0.127. The van der Waals surface area contributed by atoms with Crippen LogP contribution >= 0.6 is 0 Å². The average Bonchev–Trinajstić information content (AvgIpc) is 3.33. The van der Waals surface area contributed by atoms with E-state index in [1.165, 1.54) is 0 Å². The molecule has 1 fully saturated rings. The highest BCUT2D eigenvalue weighted by atomic mass is 16.5. The molecule has 28 heavy (non-hydrogen) atoms. The van der Waals surface area contributed by atoms with Crippen molar-refractivity contribution in [3.05, 3.63) is 48.0 Å². The third-order valence-corrected chi connectivity index (χ3v) is 4.81. The van der Waals surface area contributed by atoms with E-state index in [1.54, 1.807) is 30.2 Å². The van der Waals surface area contributed by atoms with Gasteiger partial charge in [0, 0.05) is 37.2 Å². The zero-order chi connectivity index (χ0) is 19.5. The normalized spacial score (nSPS) is 13.9. The molecule has 0 aliphatic carbocycles. The first-order chi connectivity index (χ1) is 13.6. The summed E-state index contributed by atoms with van der Waals surface area (Å²) in [5, 5.41) is 2.85. The highest BCUT2D eigenvalue weighted by Crippen LogP contribution is 2.27. The van der Waals surface area contributed by atoms with Crippen LogP contribution in [0.5, 0.6) is 5.75 Å². The molecule has 2 amide bonds. The number of aromatic nitrogens is 1. The number of carbonyl (C=O) groups excluding carboxylic acids is 2. The van der Waals surface area contributed by atoms with E-state index in [1.807, 2.05) is 24.3 Å². The van der Waals surface area contributed by atoms with Gasteiger partial charge in [0.1, 0.15) is 11.3 Å². The van der Waals surface area contributed by atoms with Crippen LogP contribution in [0.2, 0.25) is 0 Å². The molecule has 1 N–H and O–H groups in total. The van der Waals surface area contributed by atoms with Crippen LogP contribution in [0.15, 0.2) is 46.9 Å². The molecule has 1 aliphatic heterocycles. The molecule has 0 atom stereocenters. The molecule has 1 aromatic heterocycles. The number of methoxy groups -OCH3 is 1. The third-order valence-electron chi connectivity index (χ3n) is 4.81. The minimum absolute atomic E-state index is 0.155. The Bertz CT molecular complexity index is 1030. The van der Waals surface area contributed by atoms with E-state index >= 15 is 0 Å². The molecule has 0 saturated carbocycles. The van der Waals surface area contributed by atoms with Gasteiger partial charge in [-0.15, -0.1) is 0 Å². The van der Waals surface area contributed by atoms with E-state index in [2.05, 4.69) is 10.3 Å². The van der Waals surface area contributed by atoms with Gasteiger partial charge in [0.2, 0.25) is 11.8 Å². The number of nitrogens with one attached hydrogen (secondary N) is 1. The fourth-order valence-corrected chi connectivity index (χ4v) is 3.29. The molecule has 2 aromatic carbocycles. The molecule has 7 heteroatoms. The van der Waals surface area contributed by atoms with Crippen LogP contribution in [0.3, 0.4) is 0 Å². The summed E-state index contributed by atoms with van der Waals surface area (Å²) < 4.78 is 11.1. The Morgan fingerprint density at radius 2 is 2.18 bits per heavy atom. The number of fused-ring (bicyclic) bond motifs is 1. The maximum Gasteiger partial charge on any atom is 0.251 e. The monoisotopic (exact) mass is 379 g/mol. The third kappa shape index (κ3) is 3.69. The van der Waals surface area contributed by atoms with Crippen LogP contribution in [0, 0.1) is 0 Å². The molecule has 7 nitrogen and oxygen atoms in total. The topological polar surface area (TPSA) is 84.7 Å². The van der Waals surface area contributed by atoms with Gasteiger partial charge in [-0.05, 0) is 42.8 Å². The molecule has 0 bridgehead atoms. The second-order valence-electron chi connectivity index (χ2n) is 6.67. The molecule has 1 aliphatic rings. The Labute approximate surface area is 162 Å². The van der Waals surface area contributed by atoms with Crippen molar-refractivity contribution in [1.82, 2.24) is 15.2 Å². The average molecular weight is 379 g/mol. The summed E-state index contributed by atoms with van der Waals surface area (Å²) >= 11 is 0. The second kappa shape index (κ2) is 7.72. The molecule has 2 heterocycles. The van der Waals surface area contributed by atoms with Crippen LogP contribution in [0.1, 0.15) is 23.2 Å². The zero-order valence-corrected chi connectivity index (χ0v) is 15.6. The van der Waals surface area contributed by atoms with Crippen molar-refractivity contribution in [3.63, 3.8) is 0 Å². The number of rotatable bonds is 6. The Hall–Kier alpha value is -3.35. The lowest BCUT2D eigenvalue weighted by Gasteiger charge is -2.15. The molecule has 3 aromatic rings. The fraction of sp³-hybridized carbons (Fsp3) is 0.286. The molecule has 0 spiro atoms. The first kappa shape index (κ1) is 18.0. The van der Waals surface area contributed by atoms with Crippen molar-refractivity contribution in [2.75, 3.05) is 26.7 Å². The highest BCUT2D eigenvalue weighted by molar-refractivity contribution is 5.97. The van der Waals surface area contributed by atoms with Gasteiger partial charge in [-0.3, -0.25) is 9.59 Å². The summed E-state index contributed by atoms with van der Waals surface area (Å²) in [5.41, 5.74) is 2.52. The van der Waals surface area contributed by atoms with Gasteiger partial charge in [-0.25, -0.2) is 4.98 Å². The van der Waals surface area contributed by atoms with Gasteiger partial charge >= 0.3 is 0 Å². The summed E-state index contributed by atoms with van der Waals surface area (Å²) in [7, 11) is 1.61. The van der Waals surface area contributed by atoms with Crippen LogP contribution in [0.4, 0.5) is 0 Å². The van der Waals surface area contributed by atoms with Crippen molar-refractivity contribution >= 4 is 22.9 Å². The number of nitrogens with zero attached hydrogens (tertiary/aromatic N) is 2. The van der Waals surface area contributed by atoms with E-state index < -0.39 is 0 Å². The molecule has 144 valence electrons. The van der Waals surface area contributed by atoms with Crippen LogP contribution < -0.4 is 10.1 Å². The van der Waals surface area contributed by atoms with E-state index in [9.17, 15) is 9.59 Å². The standard InChI is InChI=1S/C21H21N3O4/c1-27-16-5-2-4-15(12-16)21-23-17-8-7-14(13-18(17)28-21)20(26)22-9-11-24-10-3-6-19(24)25/h2,4-5,7-8,12-13H,3,6,9-11H2,1H3,(H,22,26). The number of oxazole rings is 1. The SMILES string of the molecule is COc1cccc(-c2nc3ccc(C(=O)NCCN4CCCC4=O)cc3o2)c1. The Balaban J connectivity index is 1.46. The quantitative estimate of drug-likeness (QED) is 0.712. The van der Waals surface area contributed by atoms with Gasteiger partial charge in [0.15, 0.2) is 5.58 Å². The highest BCUT2D eigenvalue weighted by Gasteiger charge is 2.19. The van der Waals surface area contributed by atoms with Crippen molar-refractivity contribution in [2.45, 2.75) is 12.8 Å². The summed E-state index contributed by atoms with van der Waals surface area (Å²) in [4.78, 5) is 30.3. The van der Waals surface area contributed by atoms with Crippen molar-refractivity contribution < 1.29 is 18.7 Å². The maximum atomic E-state index is 12.4. The first-order valence-electron chi connectivity index (χ1n) is 9.25. The largest absolute Gasteiger partial charge is 0.497 e. The molecular formula is C21H21N3O4. The van der Waals surface area contributed by atoms with Gasteiger partial charge in [0.25, 0.3) is 5.91 Å². The Morgan fingerprint density at radius 3 is 2.96 bits per heavy atom. The summed E-state index contributed by atoms with van der Waals surface area (Å²) in [5.74, 6) is 1.14. The van der Waals surface area contributed by atoms with Gasteiger partial charge < -0.3 is 19.4 Å². The maximum absolute atomic E-state index is 12.4. The molecule has 0 radical (unpaired) electrons. The van der Waals surface area contributed by atoms with E-state index in [0.29, 0.717) is 42.1 Å². The van der Waals surface area contributed by atoms with Crippen LogP contribution in [0.25, 0.3) is 22.6 Å². The van der Waals surface area contributed by atoms with Crippen molar-refractivity contribution in [1.29, 1.82) is 0 Å². The van der Waals surface area contributed by atoms with Crippen LogP contribution in [-0.2, 0) is 4.79 Å². The Morgan fingerprint density at radius 1 is 1.29 bits per heavy atom. The van der Waals surface area contributed by atoms with Crippen molar-refractivity contribution in [2.24, 2.45) is 0 Å². The minimum Gasteiger partial charge on any atom is -0.497 e. The summed E-state index contributed by atoms with van der Waals surface area (Å²) in [6.07, 6.45) is 1.50. The van der Waals surface area contributed by atoms with E-state index in [4.69, 9.17) is 9.15 Å². The second-order valence-corrected chi connectivity index (χ2v) is 6.67. The number of ether oxygens (including phenoxy) is 1. The van der Waals surface area contributed by atoms with Gasteiger partial charge in [-0.1, -0.05) is 6.07 Å². The molecular weight excluding hydrogens is 358 g/mol. The minimum atomic E-state index is -0.201. The Kier molecular flexibility index (Phi) is 4.97. The zero-order valence-electron chi connectivity index (χ0n) is 15.6. The van der Waals surface area contributed by atoms with E-state index in [-0.39, 0.29) is 11.8 Å². The summed E-state index contributed by atoms with van der Waals surface area (Å²) in [6.45, 7) is 1.73. The number of hydrogen-bond donors (Lipinski definition) is 1. The molecule has 4 rings (SSSR count).